The van der Waals surface area contributed by atoms with E-state index < -0.39 is 0 Å². The average molecular weight is 314 g/mol. The number of H-pyrrole nitrogens is 1. The molecule has 1 aromatic heterocycles. The molecule has 122 valence electrons. The van der Waals surface area contributed by atoms with E-state index in [1.54, 1.807) is 0 Å². The van der Waals surface area contributed by atoms with Gasteiger partial charge in [-0.05, 0) is 19.4 Å². The normalized spacial score (nSPS) is 28.0. The maximum absolute atomic E-state index is 12.4. The van der Waals surface area contributed by atoms with Crippen LogP contribution in [0.25, 0.3) is 10.9 Å². The molecule has 2 saturated heterocycles. The Bertz CT molecular complexity index is 713. The van der Waals surface area contributed by atoms with Crippen molar-refractivity contribution in [1.29, 1.82) is 0 Å². The van der Waals surface area contributed by atoms with Gasteiger partial charge in [-0.2, -0.15) is 5.10 Å². The highest BCUT2D eigenvalue weighted by molar-refractivity contribution is 5.87. The molecule has 0 unspecified atom stereocenters. The topological polar surface area (TPSA) is 70.2 Å². The van der Waals surface area contributed by atoms with E-state index in [-0.39, 0.29) is 18.1 Å². The molecular formula is C17H22N4O2. The number of amides is 1. The highest BCUT2D eigenvalue weighted by Crippen LogP contribution is 2.23. The van der Waals surface area contributed by atoms with E-state index in [2.05, 4.69) is 27.3 Å². The van der Waals surface area contributed by atoms with E-state index in [0.717, 1.165) is 42.7 Å². The first-order chi connectivity index (χ1) is 11.2. The van der Waals surface area contributed by atoms with Crippen molar-refractivity contribution in [1.82, 2.24) is 20.4 Å². The molecule has 0 spiro atoms. The van der Waals surface area contributed by atoms with E-state index in [1.807, 2.05) is 24.3 Å². The third-order valence-corrected chi connectivity index (χ3v) is 4.84. The first-order valence-corrected chi connectivity index (χ1v) is 8.26. The standard InChI is InChI=1S/C17H22N4O2/c1-11-8-21-9-12(6-13(21)10-23-11)18-17(22)7-16-14-4-2-3-5-15(14)19-20-16/h2-5,11-13H,6-10H2,1H3,(H,18,22)(H,19,20)/t11-,12-,13-/m0/s1. The predicted molar refractivity (Wildman–Crippen MR) is 87.1 cm³/mol. The van der Waals surface area contributed by atoms with Gasteiger partial charge in [-0.15, -0.1) is 0 Å². The Labute approximate surface area is 135 Å². The number of carbonyl (C=O) groups excluding carboxylic acids is 1. The molecule has 3 heterocycles. The summed E-state index contributed by atoms with van der Waals surface area (Å²) in [7, 11) is 0. The predicted octanol–water partition coefficient (Wildman–Crippen LogP) is 1.08. The van der Waals surface area contributed by atoms with Crippen LogP contribution >= 0.6 is 0 Å². The summed E-state index contributed by atoms with van der Waals surface area (Å²) in [5.74, 6) is 0.0539. The molecule has 2 aliphatic heterocycles. The van der Waals surface area contributed by atoms with Crippen LogP contribution in [0.15, 0.2) is 24.3 Å². The zero-order chi connectivity index (χ0) is 15.8. The molecule has 1 amide bonds. The van der Waals surface area contributed by atoms with Crippen LogP contribution in [-0.4, -0.2) is 58.9 Å². The monoisotopic (exact) mass is 314 g/mol. The smallest absolute Gasteiger partial charge is 0.226 e. The second-order valence-corrected chi connectivity index (χ2v) is 6.65. The van der Waals surface area contributed by atoms with Crippen LogP contribution in [-0.2, 0) is 16.0 Å². The Morgan fingerprint density at radius 3 is 3.22 bits per heavy atom. The number of hydrogen-bond donors (Lipinski definition) is 2. The van der Waals surface area contributed by atoms with Gasteiger partial charge >= 0.3 is 0 Å². The molecule has 0 aliphatic carbocycles. The summed E-state index contributed by atoms with van der Waals surface area (Å²) in [5, 5.41) is 11.4. The maximum atomic E-state index is 12.4. The number of hydrogen-bond acceptors (Lipinski definition) is 4. The van der Waals surface area contributed by atoms with Crippen molar-refractivity contribution < 1.29 is 9.53 Å². The molecular weight excluding hydrogens is 292 g/mol. The number of fused-ring (bicyclic) bond motifs is 2. The van der Waals surface area contributed by atoms with Crippen LogP contribution in [0, 0.1) is 0 Å². The minimum Gasteiger partial charge on any atom is -0.376 e. The molecule has 2 N–H and O–H groups in total. The van der Waals surface area contributed by atoms with Gasteiger partial charge in [0.15, 0.2) is 0 Å². The maximum Gasteiger partial charge on any atom is 0.226 e. The van der Waals surface area contributed by atoms with Gasteiger partial charge in [0.1, 0.15) is 0 Å². The summed E-state index contributed by atoms with van der Waals surface area (Å²) in [6, 6.07) is 8.53. The van der Waals surface area contributed by atoms with Crippen molar-refractivity contribution in [2.24, 2.45) is 0 Å². The summed E-state index contributed by atoms with van der Waals surface area (Å²) >= 11 is 0. The molecule has 0 saturated carbocycles. The largest absolute Gasteiger partial charge is 0.376 e. The summed E-state index contributed by atoms with van der Waals surface area (Å²) in [6.07, 6.45) is 1.61. The molecule has 6 heteroatoms. The van der Waals surface area contributed by atoms with Crippen molar-refractivity contribution in [3.63, 3.8) is 0 Å². The minimum atomic E-state index is 0.0539. The van der Waals surface area contributed by atoms with Gasteiger partial charge in [-0.1, -0.05) is 18.2 Å². The fourth-order valence-electron chi connectivity index (χ4n) is 3.73. The average Bonchev–Trinajstić information content (AvgIpc) is 3.11. The molecule has 1 aromatic carbocycles. The van der Waals surface area contributed by atoms with Gasteiger partial charge in [-0.25, -0.2) is 0 Å². The lowest BCUT2D eigenvalue weighted by atomic mass is 10.1. The van der Waals surface area contributed by atoms with Crippen LogP contribution in [0.4, 0.5) is 0 Å². The lowest BCUT2D eigenvalue weighted by Gasteiger charge is -2.33. The molecule has 2 fully saturated rings. The number of para-hydroxylation sites is 1. The van der Waals surface area contributed by atoms with Crippen molar-refractivity contribution in [3.05, 3.63) is 30.0 Å². The van der Waals surface area contributed by atoms with Crippen LogP contribution in [0.2, 0.25) is 0 Å². The van der Waals surface area contributed by atoms with E-state index in [1.165, 1.54) is 0 Å². The molecule has 3 atom stereocenters. The number of benzene rings is 1. The summed E-state index contributed by atoms with van der Waals surface area (Å²) in [4.78, 5) is 14.8. The Hall–Kier alpha value is -1.92. The van der Waals surface area contributed by atoms with E-state index in [9.17, 15) is 4.79 Å². The van der Waals surface area contributed by atoms with Gasteiger partial charge in [-0.3, -0.25) is 14.8 Å². The number of nitrogens with one attached hydrogen (secondary N) is 2. The second kappa shape index (κ2) is 5.94. The summed E-state index contributed by atoms with van der Waals surface area (Å²) in [5.41, 5.74) is 1.78. The van der Waals surface area contributed by atoms with Gasteiger partial charge in [0.25, 0.3) is 0 Å². The third-order valence-electron chi connectivity index (χ3n) is 4.84. The van der Waals surface area contributed by atoms with Crippen LogP contribution in [0.1, 0.15) is 19.0 Å². The molecule has 0 bridgehead atoms. The zero-order valence-corrected chi connectivity index (χ0v) is 13.3. The lowest BCUT2D eigenvalue weighted by Crippen LogP contribution is -2.45. The summed E-state index contributed by atoms with van der Waals surface area (Å²) < 4.78 is 5.71. The number of carbonyl (C=O) groups is 1. The highest BCUT2D eigenvalue weighted by atomic mass is 16.5. The lowest BCUT2D eigenvalue weighted by molar-refractivity contribution is -0.121. The van der Waals surface area contributed by atoms with Gasteiger partial charge < -0.3 is 10.1 Å². The van der Waals surface area contributed by atoms with Crippen LogP contribution < -0.4 is 5.32 Å². The Kier molecular flexibility index (Phi) is 3.79. The fraction of sp³-hybridized carbons (Fsp3) is 0.529. The first-order valence-electron chi connectivity index (χ1n) is 8.26. The molecule has 23 heavy (non-hydrogen) atoms. The molecule has 6 nitrogen and oxygen atoms in total. The van der Waals surface area contributed by atoms with Crippen LogP contribution in [0.3, 0.4) is 0 Å². The van der Waals surface area contributed by atoms with E-state index in [4.69, 9.17) is 4.74 Å². The van der Waals surface area contributed by atoms with Gasteiger partial charge in [0.05, 0.1) is 30.3 Å². The third kappa shape index (κ3) is 2.96. The van der Waals surface area contributed by atoms with Gasteiger partial charge in [0.2, 0.25) is 5.91 Å². The van der Waals surface area contributed by atoms with Crippen molar-refractivity contribution >= 4 is 16.8 Å². The van der Waals surface area contributed by atoms with Gasteiger partial charge in [0, 0.05) is 30.6 Å². The Balaban J connectivity index is 1.37. The molecule has 0 radical (unpaired) electrons. The Morgan fingerprint density at radius 1 is 1.43 bits per heavy atom. The second-order valence-electron chi connectivity index (χ2n) is 6.65. The fourth-order valence-corrected chi connectivity index (χ4v) is 3.73. The minimum absolute atomic E-state index is 0.0539. The number of rotatable bonds is 3. The van der Waals surface area contributed by atoms with Crippen molar-refractivity contribution in [2.45, 2.75) is 38.0 Å². The number of morpholine rings is 1. The first kappa shape index (κ1) is 14.7. The van der Waals surface area contributed by atoms with Crippen molar-refractivity contribution in [2.75, 3.05) is 19.7 Å². The number of ether oxygens (including phenoxy) is 1. The molecule has 2 aromatic rings. The number of aromatic nitrogens is 2. The summed E-state index contributed by atoms with van der Waals surface area (Å²) in [6.45, 7) is 4.76. The highest BCUT2D eigenvalue weighted by Gasteiger charge is 2.36. The van der Waals surface area contributed by atoms with Crippen LogP contribution in [0.5, 0.6) is 0 Å². The van der Waals surface area contributed by atoms with E-state index in [0.29, 0.717) is 12.5 Å². The van der Waals surface area contributed by atoms with E-state index >= 15 is 0 Å². The molecule has 2 aliphatic rings. The SMILES string of the molecule is C[C@H]1CN2C[C@@H](NC(=O)Cc3[nH]nc4ccccc34)C[C@H]2CO1. The number of nitrogens with zero attached hydrogens (tertiary/aromatic N) is 2. The number of aromatic amines is 1. The Morgan fingerprint density at radius 2 is 2.30 bits per heavy atom. The van der Waals surface area contributed by atoms with Crippen molar-refractivity contribution in [3.8, 4) is 0 Å². The quantitative estimate of drug-likeness (QED) is 0.889. The zero-order valence-electron chi connectivity index (χ0n) is 13.3. The molecule has 4 rings (SSSR count).